The number of aliphatic hydroxyl groups is 1. The maximum atomic E-state index is 13.4. The highest BCUT2D eigenvalue weighted by Crippen LogP contribution is 2.20. The van der Waals surface area contributed by atoms with E-state index in [1.54, 1.807) is 0 Å². The average Bonchev–Trinajstić information content (AvgIpc) is 2.24. The Morgan fingerprint density at radius 3 is 2.62 bits per heavy atom. The molecule has 1 aromatic carbocycles. The molecule has 3 N–H and O–H groups in total. The molecule has 1 rings (SSSR count). The Hall–Kier alpha value is -1.00. The Morgan fingerprint density at radius 1 is 1.38 bits per heavy atom. The van der Waals surface area contributed by atoms with Crippen LogP contribution in [0.3, 0.4) is 0 Å². The van der Waals surface area contributed by atoms with Crippen molar-refractivity contribution in [1.29, 1.82) is 0 Å². The second-order valence-corrected chi connectivity index (χ2v) is 4.09. The summed E-state index contributed by atoms with van der Waals surface area (Å²) in [6.07, 6.45) is 1.25. The van der Waals surface area contributed by atoms with E-state index in [9.17, 15) is 13.9 Å². The number of benzene rings is 1. The predicted molar refractivity (Wildman–Crippen MR) is 59.0 cm³/mol. The molecule has 90 valence electrons. The molecule has 4 heteroatoms. The number of hydrogen-bond donors (Lipinski definition) is 2. The Balaban J connectivity index is 2.89. The molecule has 0 fully saturated rings. The van der Waals surface area contributed by atoms with E-state index < -0.39 is 17.2 Å². The van der Waals surface area contributed by atoms with Crippen molar-refractivity contribution < 1.29 is 13.9 Å². The second-order valence-electron chi connectivity index (χ2n) is 4.09. The lowest BCUT2D eigenvalue weighted by molar-refractivity contribution is 0.0390. The smallest absolute Gasteiger partial charge is 0.126 e. The summed E-state index contributed by atoms with van der Waals surface area (Å²) in [5.41, 5.74) is 4.48. The van der Waals surface area contributed by atoms with E-state index in [0.29, 0.717) is 6.42 Å². The van der Waals surface area contributed by atoms with Gasteiger partial charge < -0.3 is 10.8 Å². The molecule has 16 heavy (non-hydrogen) atoms. The van der Waals surface area contributed by atoms with Crippen molar-refractivity contribution in [3.8, 4) is 0 Å². The van der Waals surface area contributed by atoms with Crippen LogP contribution in [-0.4, -0.2) is 17.3 Å². The van der Waals surface area contributed by atoms with E-state index in [1.807, 2.05) is 6.92 Å². The van der Waals surface area contributed by atoms with Gasteiger partial charge in [-0.2, -0.15) is 0 Å². The van der Waals surface area contributed by atoms with E-state index in [4.69, 9.17) is 5.73 Å². The number of hydrogen-bond acceptors (Lipinski definition) is 2. The first kappa shape index (κ1) is 13.1. The summed E-state index contributed by atoms with van der Waals surface area (Å²) >= 11 is 0. The largest absolute Gasteiger partial charge is 0.388 e. The third kappa shape index (κ3) is 3.25. The van der Waals surface area contributed by atoms with Gasteiger partial charge in [0.05, 0.1) is 5.60 Å². The summed E-state index contributed by atoms with van der Waals surface area (Å²) in [5, 5.41) is 10.1. The molecular formula is C12H17F2NO. The van der Waals surface area contributed by atoms with Gasteiger partial charge in [0.2, 0.25) is 0 Å². The van der Waals surface area contributed by atoms with Gasteiger partial charge in [0.1, 0.15) is 11.6 Å². The molecule has 0 heterocycles. The Kier molecular flexibility index (Phi) is 4.38. The fourth-order valence-electron chi connectivity index (χ4n) is 1.76. The molecule has 0 bridgehead atoms. The van der Waals surface area contributed by atoms with Crippen molar-refractivity contribution in [1.82, 2.24) is 0 Å². The molecule has 0 spiro atoms. The van der Waals surface area contributed by atoms with Crippen LogP contribution >= 0.6 is 0 Å². The van der Waals surface area contributed by atoms with E-state index >= 15 is 0 Å². The van der Waals surface area contributed by atoms with Crippen LogP contribution in [0.4, 0.5) is 8.78 Å². The summed E-state index contributed by atoms with van der Waals surface area (Å²) < 4.78 is 26.3. The fraction of sp³-hybridized carbons (Fsp3) is 0.500. The van der Waals surface area contributed by atoms with E-state index in [1.165, 1.54) is 0 Å². The first-order chi connectivity index (χ1) is 7.50. The van der Waals surface area contributed by atoms with Gasteiger partial charge >= 0.3 is 0 Å². The van der Waals surface area contributed by atoms with Gasteiger partial charge in [-0.1, -0.05) is 13.3 Å². The van der Waals surface area contributed by atoms with E-state index in [2.05, 4.69) is 0 Å². The van der Waals surface area contributed by atoms with Crippen LogP contribution in [0.5, 0.6) is 0 Å². The van der Waals surface area contributed by atoms with Gasteiger partial charge in [0, 0.05) is 13.0 Å². The summed E-state index contributed by atoms with van der Waals surface area (Å²) in [7, 11) is 0. The molecule has 0 aliphatic carbocycles. The molecule has 0 radical (unpaired) electrons. The Labute approximate surface area is 94.1 Å². The van der Waals surface area contributed by atoms with Crippen molar-refractivity contribution in [2.24, 2.45) is 5.73 Å². The van der Waals surface area contributed by atoms with Crippen LogP contribution in [-0.2, 0) is 6.42 Å². The zero-order chi connectivity index (χ0) is 12.2. The molecular weight excluding hydrogens is 212 g/mol. The van der Waals surface area contributed by atoms with Gasteiger partial charge in [-0.3, -0.25) is 0 Å². The monoisotopic (exact) mass is 229 g/mol. The quantitative estimate of drug-likeness (QED) is 0.811. The van der Waals surface area contributed by atoms with Gasteiger partial charge in [0.15, 0.2) is 0 Å². The Morgan fingerprint density at radius 2 is 2.06 bits per heavy atom. The first-order valence-electron chi connectivity index (χ1n) is 5.37. The molecule has 0 aliphatic heterocycles. The molecule has 0 aromatic heterocycles. The average molecular weight is 229 g/mol. The maximum Gasteiger partial charge on any atom is 0.126 e. The van der Waals surface area contributed by atoms with Crippen molar-refractivity contribution >= 4 is 0 Å². The van der Waals surface area contributed by atoms with Crippen LogP contribution < -0.4 is 5.73 Å². The zero-order valence-corrected chi connectivity index (χ0v) is 9.34. The predicted octanol–water partition coefficient (Wildman–Crippen LogP) is 2.00. The third-order valence-corrected chi connectivity index (χ3v) is 2.62. The van der Waals surface area contributed by atoms with Crippen molar-refractivity contribution in [3.63, 3.8) is 0 Å². The van der Waals surface area contributed by atoms with Gasteiger partial charge in [-0.25, -0.2) is 8.78 Å². The highest BCUT2D eigenvalue weighted by atomic mass is 19.1. The van der Waals surface area contributed by atoms with Crippen LogP contribution in [0.1, 0.15) is 25.3 Å². The second kappa shape index (κ2) is 5.37. The molecule has 1 unspecified atom stereocenters. The number of nitrogens with two attached hydrogens (primary N) is 1. The molecule has 0 saturated heterocycles. The minimum Gasteiger partial charge on any atom is -0.388 e. The van der Waals surface area contributed by atoms with Gasteiger partial charge in [-0.05, 0) is 30.2 Å². The summed E-state index contributed by atoms with van der Waals surface area (Å²) in [6, 6.07) is 3.22. The zero-order valence-electron chi connectivity index (χ0n) is 9.34. The van der Waals surface area contributed by atoms with Crippen LogP contribution in [0.2, 0.25) is 0 Å². The van der Waals surface area contributed by atoms with Crippen molar-refractivity contribution in [2.75, 3.05) is 6.54 Å². The van der Waals surface area contributed by atoms with Crippen molar-refractivity contribution in [3.05, 3.63) is 35.4 Å². The Bertz CT molecular complexity index is 357. The molecule has 0 aliphatic rings. The first-order valence-corrected chi connectivity index (χ1v) is 5.37. The number of rotatable bonds is 5. The molecule has 1 aromatic rings. The topological polar surface area (TPSA) is 46.2 Å². The lowest BCUT2D eigenvalue weighted by atomic mass is 9.90. The summed E-state index contributed by atoms with van der Waals surface area (Å²) in [6.45, 7) is 1.94. The van der Waals surface area contributed by atoms with Crippen LogP contribution in [0, 0.1) is 11.6 Å². The van der Waals surface area contributed by atoms with E-state index in [0.717, 1.165) is 24.6 Å². The van der Waals surface area contributed by atoms with Crippen molar-refractivity contribution in [2.45, 2.75) is 31.8 Å². The minimum atomic E-state index is -1.15. The van der Waals surface area contributed by atoms with Crippen LogP contribution in [0.15, 0.2) is 18.2 Å². The number of halogens is 2. The fourth-order valence-corrected chi connectivity index (χ4v) is 1.76. The minimum absolute atomic E-state index is 0.0385. The van der Waals surface area contributed by atoms with E-state index in [-0.39, 0.29) is 18.5 Å². The summed E-state index contributed by atoms with van der Waals surface area (Å²) in [5.74, 6) is -1.02. The highest BCUT2D eigenvalue weighted by molar-refractivity contribution is 5.20. The maximum absolute atomic E-state index is 13.4. The lowest BCUT2D eigenvalue weighted by Gasteiger charge is -2.26. The van der Waals surface area contributed by atoms with Gasteiger partial charge in [-0.15, -0.1) is 0 Å². The lowest BCUT2D eigenvalue weighted by Crippen LogP contribution is -2.40. The standard InChI is InChI=1S/C12H17F2NO/c1-2-5-12(16,8-15)7-9-6-10(13)3-4-11(9)14/h3-4,6,16H,2,5,7-8,15H2,1H3. The third-order valence-electron chi connectivity index (χ3n) is 2.62. The molecule has 0 saturated carbocycles. The normalized spacial score (nSPS) is 14.8. The molecule has 0 amide bonds. The van der Waals surface area contributed by atoms with Crippen LogP contribution in [0.25, 0.3) is 0 Å². The molecule has 1 atom stereocenters. The van der Waals surface area contributed by atoms with Gasteiger partial charge in [0.25, 0.3) is 0 Å². The molecule has 2 nitrogen and oxygen atoms in total. The SMILES string of the molecule is CCCC(O)(CN)Cc1cc(F)ccc1F. The summed E-state index contributed by atoms with van der Waals surface area (Å²) in [4.78, 5) is 0. The highest BCUT2D eigenvalue weighted by Gasteiger charge is 2.25.